The molecule has 0 aliphatic heterocycles. The van der Waals surface area contributed by atoms with E-state index in [9.17, 15) is 14.4 Å². The Morgan fingerprint density at radius 2 is 1.76 bits per heavy atom. The van der Waals surface area contributed by atoms with Gasteiger partial charge in [0.25, 0.3) is 0 Å². The monoisotopic (exact) mass is 425 g/mol. The highest BCUT2D eigenvalue weighted by atomic mass is 32.2. The summed E-state index contributed by atoms with van der Waals surface area (Å²) in [5.41, 5.74) is 6.17. The average Bonchev–Trinajstić information content (AvgIpc) is 2.68. The van der Waals surface area contributed by atoms with E-state index in [1.165, 1.54) is 0 Å². The summed E-state index contributed by atoms with van der Waals surface area (Å²) in [6.45, 7) is 3.93. The molecule has 0 bridgehead atoms. The van der Waals surface area contributed by atoms with E-state index in [4.69, 9.17) is 15.2 Å². The second-order valence-electron chi connectivity index (χ2n) is 7.00. The fourth-order valence-corrected chi connectivity index (χ4v) is 3.02. The maximum Gasteiger partial charge on any atom is 0.408 e. The maximum atomic E-state index is 12.6. The second-order valence-corrected chi connectivity index (χ2v) is 7.98. The first kappa shape index (κ1) is 24.6. The lowest BCUT2D eigenvalue weighted by atomic mass is 10.0. The molecule has 29 heavy (non-hydrogen) atoms. The van der Waals surface area contributed by atoms with Crippen molar-refractivity contribution < 1.29 is 23.9 Å². The van der Waals surface area contributed by atoms with Gasteiger partial charge in [-0.1, -0.05) is 26.0 Å². The first-order chi connectivity index (χ1) is 13.8. The van der Waals surface area contributed by atoms with E-state index in [0.29, 0.717) is 24.3 Å². The van der Waals surface area contributed by atoms with Crippen LogP contribution >= 0.6 is 11.8 Å². The van der Waals surface area contributed by atoms with Crippen molar-refractivity contribution in [1.29, 1.82) is 0 Å². The average molecular weight is 426 g/mol. The zero-order chi connectivity index (χ0) is 21.8. The number of amides is 3. The van der Waals surface area contributed by atoms with Crippen LogP contribution in [-0.2, 0) is 20.9 Å². The minimum absolute atomic E-state index is 0.0590. The first-order valence-corrected chi connectivity index (χ1v) is 10.8. The molecule has 0 spiro atoms. The third-order valence-corrected chi connectivity index (χ3v) is 4.76. The van der Waals surface area contributed by atoms with Gasteiger partial charge >= 0.3 is 6.09 Å². The Balaban J connectivity index is 2.66. The number of carbonyl (C=O) groups is 3. The Morgan fingerprint density at radius 1 is 1.10 bits per heavy atom. The molecule has 2 atom stereocenters. The predicted octanol–water partition coefficient (Wildman–Crippen LogP) is 2.06. The molecule has 8 nitrogen and oxygen atoms in total. The van der Waals surface area contributed by atoms with Crippen LogP contribution < -0.4 is 21.1 Å². The molecule has 1 rings (SSSR count). The summed E-state index contributed by atoms with van der Waals surface area (Å²) in [4.78, 5) is 36.4. The summed E-state index contributed by atoms with van der Waals surface area (Å²) in [6.07, 6.45) is 2.03. The van der Waals surface area contributed by atoms with Gasteiger partial charge in [-0.25, -0.2) is 4.79 Å². The molecule has 0 radical (unpaired) electrons. The topological polar surface area (TPSA) is 120 Å². The zero-order valence-electron chi connectivity index (χ0n) is 17.4. The predicted molar refractivity (Wildman–Crippen MR) is 114 cm³/mol. The summed E-state index contributed by atoms with van der Waals surface area (Å²) in [7, 11) is 1.57. The number of thioether (sulfide) groups is 1. The van der Waals surface area contributed by atoms with Crippen LogP contribution in [0.5, 0.6) is 5.75 Å². The number of ether oxygens (including phenoxy) is 2. The van der Waals surface area contributed by atoms with Gasteiger partial charge < -0.3 is 25.8 Å². The second kappa shape index (κ2) is 12.9. The first-order valence-electron chi connectivity index (χ1n) is 9.41. The van der Waals surface area contributed by atoms with Gasteiger partial charge in [0.1, 0.15) is 24.4 Å². The lowest BCUT2D eigenvalue weighted by Gasteiger charge is -2.23. The molecule has 0 unspecified atom stereocenters. The van der Waals surface area contributed by atoms with Crippen LogP contribution in [0.25, 0.3) is 0 Å². The number of benzene rings is 1. The molecule has 1 aromatic rings. The quantitative estimate of drug-likeness (QED) is 0.471. The number of nitrogens with one attached hydrogen (secondary N) is 2. The number of hydrogen-bond acceptors (Lipinski definition) is 6. The fraction of sp³-hybridized carbons (Fsp3) is 0.550. The zero-order valence-corrected chi connectivity index (χ0v) is 18.2. The number of carbonyl (C=O) groups excluding carboxylic acids is 3. The van der Waals surface area contributed by atoms with Crippen molar-refractivity contribution in [3.8, 4) is 5.75 Å². The summed E-state index contributed by atoms with van der Waals surface area (Å²) < 4.78 is 10.3. The van der Waals surface area contributed by atoms with Gasteiger partial charge in [-0.15, -0.1) is 0 Å². The van der Waals surface area contributed by atoms with E-state index in [2.05, 4.69) is 10.6 Å². The van der Waals surface area contributed by atoms with Gasteiger partial charge in [0, 0.05) is 0 Å². The largest absolute Gasteiger partial charge is 0.497 e. The van der Waals surface area contributed by atoms with E-state index in [1.807, 2.05) is 20.1 Å². The normalized spacial score (nSPS) is 12.7. The van der Waals surface area contributed by atoms with Crippen LogP contribution in [0.2, 0.25) is 0 Å². The Morgan fingerprint density at radius 3 is 2.28 bits per heavy atom. The van der Waals surface area contributed by atoms with Crippen molar-refractivity contribution >= 4 is 29.7 Å². The van der Waals surface area contributed by atoms with E-state index in [-0.39, 0.29) is 12.5 Å². The van der Waals surface area contributed by atoms with E-state index >= 15 is 0 Å². The third kappa shape index (κ3) is 9.56. The Hall–Kier alpha value is -2.42. The smallest absolute Gasteiger partial charge is 0.408 e. The van der Waals surface area contributed by atoms with Gasteiger partial charge in [0.15, 0.2) is 0 Å². The van der Waals surface area contributed by atoms with Crippen LogP contribution in [0.3, 0.4) is 0 Å². The van der Waals surface area contributed by atoms with Crippen LogP contribution in [-0.4, -0.2) is 49.1 Å². The lowest BCUT2D eigenvalue weighted by molar-refractivity contribution is -0.128. The number of hydrogen-bond donors (Lipinski definition) is 3. The standard InChI is InChI=1S/C20H31N3O5S/c1-13(2)11-17(19(25)22-16(18(21)24)9-10-29-4)23-20(26)28-12-14-5-7-15(27-3)8-6-14/h5-8,13,16-17H,9-12H2,1-4H3,(H2,21,24)(H,22,25)(H,23,26)/t16-,17-/m0/s1. The minimum Gasteiger partial charge on any atom is -0.497 e. The fourth-order valence-electron chi connectivity index (χ4n) is 2.55. The highest BCUT2D eigenvalue weighted by Gasteiger charge is 2.26. The Bertz CT molecular complexity index is 667. The van der Waals surface area contributed by atoms with Crippen molar-refractivity contribution in [3.63, 3.8) is 0 Å². The van der Waals surface area contributed by atoms with Crippen LogP contribution in [0.15, 0.2) is 24.3 Å². The molecule has 0 aliphatic rings. The number of methoxy groups -OCH3 is 1. The Kier molecular flexibility index (Phi) is 11.0. The summed E-state index contributed by atoms with van der Waals surface area (Å²) in [6, 6.07) is 5.51. The summed E-state index contributed by atoms with van der Waals surface area (Å²) >= 11 is 1.55. The van der Waals surface area contributed by atoms with E-state index in [0.717, 1.165) is 5.56 Å². The molecule has 9 heteroatoms. The molecule has 0 aromatic heterocycles. The van der Waals surface area contributed by atoms with Crippen molar-refractivity contribution in [2.45, 2.75) is 45.4 Å². The highest BCUT2D eigenvalue weighted by Crippen LogP contribution is 2.12. The molecule has 0 fully saturated rings. The van der Waals surface area contributed by atoms with Gasteiger partial charge in [0.05, 0.1) is 7.11 Å². The SMILES string of the molecule is COc1ccc(COC(=O)N[C@@H](CC(C)C)C(=O)N[C@@H](CCSC)C(N)=O)cc1. The van der Waals surface area contributed by atoms with Gasteiger partial charge in [0.2, 0.25) is 11.8 Å². The molecule has 0 saturated carbocycles. The van der Waals surface area contributed by atoms with Crippen LogP contribution in [0.1, 0.15) is 32.3 Å². The molecular weight excluding hydrogens is 394 g/mol. The molecule has 1 aromatic carbocycles. The van der Waals surface area contributed by atoms with Crippen molar-refractivity contribution in [2.24, 2.45) is 11.7 Å². The number of rotatable bonds is 12. The summed E-state index contributed by atoms with van der Waals surface area (Å²) in [5, 5.41) is 5.22. The maximum absolute atomic E-state index is 12.6. The number of nitrogens with two attached hydrogens (primary N) is 1. The van der Waals surface area contributed by atoms with Crippen molar-refractivity contribution in [1.82, 2.24) is 10.6 Å². The van der Waals surface area contributed by atoms with Gasteiger partial charge in [-0.2, -0.15) is 11.8 Å². The molecule has 162 valence electrons. The molecule has 0 heterocycles. The van der Waals surface area contributed by atoms with Crippen LogP contribution in [0, 0.1) is 5.92 Å². The summed E-state index contributed by atoms with van der Waals surface area (Å²) in [5.74, 6) is 0.478. The number of alkyl carbamates (subject to hydrolysis) is 1. The van der Waals surface area contributed by atoms with Crippen molar-refractivity contribution in [2.75, 3.05) is 19.1 Å². The number of primary amides is 1. The molecule has 4 N–H and O–H groups in total. The molecular formula is C20H31N3O5S. The Labute approximate surface area is 176 Å². The van der Waals surface area contributed by atoms with Crippen LogP contribution in [0.4, 0.5) is 4.79 Å². The minimum atomic E-state index is -0.825. The van der Waals surface area contributed by atoms with E-state index < -0.39 is 30.0 Å². The highest BCUT2D eigenvalue weighted by molar-refractivity contribution is 7.98. The third-order valence-electron chi connectivity index (χ3n) is 4.12. The van der Waals surface area contributed by atoms with E-state index in [1.54, 1.807) is 43.1 Å². The lowest BCUT2D eigenvalue weighted by Crippen LogP contribution is -2.53. The molecule has 3 amide bonds. The van der Waals surface area contributed by atoms with Gasteiger partial charge in [-0.05, 0) is 48.5 Å². The van der Waals surface area contributed by atoms with Gasteiger partial charge in [-0.3, -0.25) is 9.59 Å². The molecule has 0 saturated heterocycles. The molecule has 0 aliphatic carbocycles. The van der Waals surface area contributed by atoms with Crippen molar-refractivity contribution in [3.05, 3.63) is 29.8 Å².